The van der Waals surface area contributed by atoms with E-state index in [0.717, 1.165) is 56.0 Å². The Morgan fingerprint density at radius 2 is 1.65 bits per heavy atom. The maximum Gasteiger partial charge on any atom is 0.236 e. The molecule has 2 heterocycles. The van der Waals surface area contributed by atoms with E-state index in [-0.39, 0.29) is 5.91 Å². The van der Waals surface area contributed by atoms with Gasteiger partial charge in [-0.2, -0.15) is 15.0 Å². The minimum absolute atomic E-state index is 0.0360. The third kappa shape index (κ3) is 9.57. The average molecular weight is 555 g/mol. The standard InChI is InChI=1S/C29H46N8O3/c1-36(25-12-10-23(11-13-25)22-26(38)31-15-19-40-21-20-39-18-14-30)28-33-27(32-24-8-4-2-5-9-24)34-29(35-28)37-16-6-3-7-17-37/h10-13,24H,2-9,14-22,30H2,1H3,(H,31,38)(H,32,33,34,35). The minimum Gasteiger partial charge on any atom is -0.378 e. The third-order valence-corrected chi connectivity index (χ3v) is 7.38. The first-order valence-electron chi connectivity index (χ1n) is 14.8. The summed E-state index contributed by atoms with van der Waals surface area (Å²) in [6.45, 7) is 4.89. The molecular formula is C29H46N8O3. The largest absolute Gasteiger partial charge is 0.378 e. The number of nitrogens with one attached hydrogen (secondary N) is 2. The highest BCUT2D eigenvalue weighted by Crippen LogP contribution is 2.27. The van der Waals surface area contributed by atoms with Gasteiger partial charge >= 0.3 is 0 Å². The van der Waals surface area contributed by atoms with Gasteiger partial charge in [-0.15, -0.1) is 0 Å². The predicted octanol–water partition coefficient (Wildman–Crippen LogP) is 3.03. The maximum absolute atomic E-state index is 12.4. The van der Waals surface area contributed by atoms with Crippen LogP contribution in [-0.2, 0) is 20.7 Å². The molecule has 0 unspecified atom stereocenters. The molecule has 1 aromatic carbocycles. The molecule has 0 radical (unpaired) electrons. The lowest BCUT2D eigenvalue weighted by Gasteiger charge is -2.29. The fourth-order valence-electron chi connectivity index (χ4n) is 5.10. The molecule has 11 nitrogen and oxygen atoms in total. The second-order valence-corrected chi connectivity index (χ2v) is 10.6. The SMILES string of the molecule is CN(c1ccc(CC(=O)NCCOCCOCCN)cc1)c1nc(NC2CCCCC2)nc(N2CCCCC2)n1. The van der Waals surface area contributed by atoms with Gasteiger partial charge in [0.05, 0.1) is 32.8 Å². The number of benzene rings is 1. The number of piperidine rings is 1. The number of ether oxygens (including phenoxy) is 2. The van der Waals surface area contributed by atoms with Gasteiger partial charge in [-0.3, -0.25) is 4.79 Å². The summed E-state index contributed by atoms with van der Waals surface area (Å²) in [5.41, 5.74) is 7.27. The number of amides is 1. The van der Waals surface area contributed by atoms with Gasteiger partial charge in [-0.25, -0.2) is 0 Å². The summed E-state index contributed by atoms with van der Waals surface area (Å²) in [5, 5.41) is 6.49. The minimum atomic E-state index is -0.0360. The predicted molar refractivity (Wildman–Crippen MR) is 158 cm³/mol. The molecule has 40 heavy (non-hydrogen) atoms. The van der Waals surface area contributed by atoms with E-state index in [1.807, 2.05) is 36.2 Å². The molecule has 4 N–H and O–H groups in total. The number of carbonyl (C=O) groups is 1. The van der Waals surface area contributed by atoms with E-state index < -0.39 is 0 Å². The lowest BCUT2D eigenvalue weighted by molar-refractivity contribution is -0.120. The zero-order valence-corrected chi connectivity index (χ0v) is 23.9. The molecule has 0 spiro atoms. The summed E-state index contributed by atoms with van der Waals surface area (Å²) < 4.78 is 10.7. The molecular weight excluding hydrogens is 508 g/mol. The van der Waals surface area contributed by atoms with E-state index in [2.05, 4.69) is 15.5 Å². The fraction of sp³-hybridized carbons (Fsp3) is 0.655. The van der Waals surface area contributed by atoms with Crippen molar-refractivity contribution in [3.8, 4) is 0 Å². The Balaban J connectivity index is 1.33. The average Bonchev–Trinajstić information content (AvgIpc) is 2.99. The Bertz CT molecular complexity index is 1030. The van der Waals surface area contributed by atoms with Crippen LogP contribution >= 0.6 is 0 Å². The molecule has 0 bridgehead atoms. The normalized spacial score (nSPS) is 16.1. The van der Waals surface area contributed by atoms with Crippen LogP contribution in [0.25, 0.3) is 0 Å². The van der Waals surface area contributed by atoms with Crippen LogP contribution in [0, 0.1) is 0 Å². The van der Waals surface area contributed by atoms with Crippen LogP contribution in [0.5, 0.6) is 0 Å². The lowest BCUT2D eigenvalue weighted by atomic mass is 9.96. The van der Waals surface area contributed by atoms with E-state index in [9.17, 15) is 4.79 Å². The van der Waals surface area contributed by atoms with E-state index in [1.54, 1.807) is 0 Å². The second kappa shape index (κ2) is 16.3. The quantitative estimate of drug-likeness (QED) is 0.282. The van der Waals surface area contributed by atoms with Crippen molar-refractivity contribution in [3.05, 3.63) is 29.8 Å². The van der Waals surface area contributed by atoms with Gasteiger partial charge in [0, 0.05) is 45.0 Å². The zero-order chi connectivity index (χ0) is 28.0. The Kier molecular flexibility index (Phi) is 12.2. The number of carbonyl (C=O) groups excluding carboxylic acids is 1. The Hall–Kier alpha value is -3.02. The van der Waals surface area contributed by atoms with Crippen molar-refractivity contribution in [1.29, 1.82) is 0 Å². The number of hydrogen-bond donors (Lipinski definition) is 3. The molecule has 0 atom stereocenters. The number of hydrogen-bond acceptors (Lipinski definition) is 10. The summed E-state index contributed by atoms with van der Waals surface area (Å²) in [7, 11) is 1.97. The number of nitrogens with two attached hydrogens (primary N) is 1. The summed E-state index contributed by atoms with van der Waals surface area (Å²) in [4.78, 5) is 31.1. The molecule has 2 aromatic rings. The van der Waals surface area contributed by atoms with Crippen molar-refractivity contribution in [2.75, 3.05) is 74.8 Å². The summed E-state index contributed by atoms with van der Waals surface area (Å²) in [5.74, 6) is 1.99. The van der Waals surface area contributed by atoms with Gasteiger partial charge in [-0.05, 0) is 49.8 Å². The zero-order valence-electron chi connectivity index (χ0n) is 23.9. The molecule has 1 aromatic heterocycles. The van der Waals surface area contributed by atoms with Gasteiger partial charge in [0.25, 0.3) is 0 Å². The Morgan fingerprint density at radius 3 is 2.38 bits per heavy atom. The second-order valence-electron chi connectivity index (χ2n) is 10.6. The molecule has 11 heteroatoms. The van der Waals surface area contributed by atoms with Crippen LogP contribution in [0.3, 0.4) is 0 Å². The molecule has 2 fully saturated rings. The first-order valence-corrected chi connectivity index (χ1v) is 14.8. The molecule has 1 saturated carbocycles. The number of nitrogens with zero attached hydrogens (tertiary/aromatic N) is 5. The van der Waals surface area contributed by atoms with Crippen LogP contribution in [0.15, 0.2) is 24.3 Å². The van der Waals surface area contributed by atoms with Crippen LogP contribution in [0.2, 0.25) is 0 Å². The lowest BCUT2D eigenvalue weighted by Crippen LogP contribution is -2.32. The maximum atomic E-state index is 12.4. The third-order valence-electron chi connectivity index (χ3n) is 7.38. The smallest absolute Gasteiger partial charge is 0.236 e. The molecule has 2 aliphatic rings. The first kappa shape index (κ1) is 30.0. The fourth-order valence-corrected chi connectivity index (χ4v) is 5.10. The molecule has 4 rings (SSSR count). The highest BCUT2D eigenvalue weighted by atomic mass is 16.5. The van der Waals surface area contributed by atoms with Crippen molar-refractivity contribution in [3.63, 3.8) is 0 Å². The summed E-state index contributed by atoms with van der Waals surface area (Å²) >= 11 is 0. The van der Waals surface area contributed by atoms with Crippen molar-refractivity contribution >= 4 is 29.4 Å². The molecule has 1 aliphatic heterocycles. The van der Waals surface area contributed by atoms with E-state index in [0.29, 0.717) is 63.9 Å². The summed E-state index contributed by atoms with van der Waals surface area (Å²) in [6, 6.07) is 8.38. The highest BCUT2D eigenvalue weighted by molar-refractivity contribution is 5.78. The summed E-state index contributed by atoms with van der Waals surface area (Å²) in [6.07, 6.45) is 10.00. The Morgan fingerprint density at radius 1 is 0.950 bits per heavy atom. The van der Waals surface area contributed by atoms with Gasteiger partial charge in [0.2, 0.25) is 23.8 Å². The molecule has 220 valence electrons. The highest BCUT2D eigenvalue weighted by Gasteiger charge is 2.21. The van der Waals surface area contributed by atoms with Crippen molar-refractivity contribution in [2.24, 2.45) is 5.73 Å². The van der Waals surface area contributed by atoms with Crippen LogP contribution < -0.4 is 26.2 Å². The first-order chi connectivity index (χ1) is 19.6. The Labute approximate surface area is 238 Å². The molecule has 1 aliphatic carbocycles. The van der Waals surface area contributed by atoms with Gasteiger partial charge < -0.3 is 35.6 Å². The van der Waals surface area contributed by atoms with Gasteiger partial charge in [0.1, 0.15) is 0 Å². The van der Waals surface area contributed by atoms with Crippen molar-refractivity contribution < 1.29 is 14.3 Å². The monoisotopic (exact) mass is 554 g/mol. The van der Waals surface area contributed by atoms with E-state index in [1.165, 1.54) is 25.7 Å². The van der Waals surface area contributed by atoms with Crippen LogP contribution in [-0.4, -0.2) is 86.6 Å². The van der Waals surface area contributed by atoms with Gasteiger partial charge in [-0.1, -0.05) is 31.4 Å². The number of anilines is 4. The van der Waals surface area contributed by atoms with Crippen molar-refractivity contribution in [1.82, 2.24) is 20.3 Å². The van der Waals surface area contributed by atoms with Crippen LogP contribution in [0.4, 0.5) is 23.5 Å². The van der Waals surface area contributed by atoms with E-state index in [4.69, 9.17) is 30.2 Å². The number of aromatic nitrogens is 3. The number of rotatable bonds is 15. The molecule has 1 amide bonds. The van der Waals surface area contributed by atoms with Crippen LogP contribution in [0.1, 0.15) is 56.9 Å². The van der Waals surface area contributed by atoms with E-state index >= 15 is 0 Å². The topological polar surface area (TPSA) is 131 Å². The van der Waals surface area contributed by atoms with Gasteiger partial charge in [0.15, 0.2) is 0 Å². The molecule has 1 saturated heterocycles. The van der Waals surface area contributed by atoms with Crippen molar-refractivity contribution in [2.45, 2.75) is 63.8 Å².